The van der Waals surface area contributed by atoms with E-state index in [1.807, 2.05) is 36.5 Å². The Labute approximate surface area is 206 Å². The van der Waals surface area contributed by atoms with Crippen molar-refractivity contribution in [2.45, 2.75) is 38.9 Å². The first kappa shape index (κ1) is 25.1. The van der Waals surface area contributed by atoms with Gasteiger partial charge < -0.3 is 4.90 Å². The van der Waals surface area contributed by atoms with Crippen LogP contribution in [-0.4, -0.2) is 34.7 Å². The molecule has 0 radical (unpaired) electrons. The summed E-state index contributed by atoms with van der Waals surface area (Å²) in [7, 11) is 1.72. The second kappa shape index (κ2) is 11.1. The van der Waals surface area contributed by atoms with Crippen LogP contribution in [0, 0.1) is 11.3 Å². The Hall–Kier alpha value is -3.53. The Morgan fingerprint density at radius 1 is 0.971 bits per heavy atom. The smallest absolute Gasteiger partial charge is 0.259 e. The first-order chi connectivity index (χ1) is 15.9. The average molecular weight is 475 g/mol. The van der Waals surface area contributed by atoms with Gasteiger partial charge in [-0.1, -0.05) is 24.3 Å². The quantitative estimate of drug-likeness (QED) is 0.428. The Morgan fingerprint density at radius 3 is 2.21 bits per heavy atom. The highest BCUT2D eigenvalue weighted by molar-refractivity contribution is 6.05. The lowest BCUT2D eigenvalue weighted by Gasteiger charge is -2.23. The van der Waals surface area contributed by atoms with Crippen LogP contribution < -0.4 is 4.90 Å². The van der Waals surface area contributed by atoms with Crippen molar-refractivity contribution in [3.63, 3.8) is 0 Å². The number of hydrogen-bond acceptors (Lipinski definition) is 5. The number of Topliss-reactive ketones (excluding diaryl/α,β-unsaturated/α-hetero) is 1. The van der Waals surface area contributed by atoms with Crippen molar-refractivity contribution in [2.24, 2.45) is 0 Å². The minimum Gasteiger partial charge on any atom is -0.311 e. The number of pyridine rings is 1. The van der Waals surface area contributed by atoms with Crippen LogP contribution in [0.5, 0.6) is 0 Å². The van der Waals surface area contributed by atoms with Crippen LogP contribution >= 0.6 is 12.4 Å². The van der Waals surface area contributed by atoms with E-state index in [2.05, 4.69) is 16.0 Å². The lowest BCUT2D eigenvalue weighted by Crippen LogP contribution is -2.27. The Kier molecular flexibility index (Phi) is 8.17. The van der Waals surface area contributed by atoms with Crippen molar-refractivity contribution in [1.82, 2.24) is 9.88 Å². The number of halogens is 1. The molecule has 7 heteroatoms. The summed E-state index contributed by atoms with van der Waals surface area (Å²) in [6.07, 6.45) is 5.73. The fourth-order valence-electron chi connectivity index (χ4n) is 3.83. The van der Waals surface area contributed by atoms with Gasteiger partial charge in [0.15, 0.2) is 5.78 Å². The third-order valence-corrected chi connectivity index (χ3v) is 5.93. The maximum absolute atomic E-state index is 13.0. The first-order valence-electron chi connectivity index (χ1n) is 11.0. The third kappa shape index (κ3) is 6.07. The summed E-state index contributed by atoms with van der Waals surface area (Å²) < 4.78 is 0. The molecule has 6 nitrogen and oxygen atoms in total. The SMILES string of the molecule is CC(=O)c1ccc(CN(Cc2cncc(C(=O)N(C)c3ccc(C#N)cc3)c2)C2CC2)cc1.Cl. The van der Waals surface area contributed by atoms with E-state index in [-0.39, 0.29) is 24.1 Å². The highest BCUT2D eigenvalue weighted by atomic mass is 35.5. The van der Waals surface area contributed by atoms with Gasteiger partial charge in [0.05, 0.1) is 17.2 Å². The van der Waals surface area contributed by atoms with Crippen LogP contribution in [0.4, 0.5) is 5.69 Å². The molecule has 1 aromatic heterocycles. The second-order valence-corrected chi connectivity index (χ2v) is 8.49. The molecular weight excluding hydrogens is 448 g/mol. The Balaban J connectivity index is 0.00000324. The van der Waals surface area contributed by atoms with Gasteiger partial charge in [0.25, 0.3) is 5.91 Å². The van der Waals surface area contributed by atoms with Crippen molar-refractivity contribution in [3.8, 4) is 6.07 Å². The molecule has 3 aromatic rings. The van der Waals surface area contributed by atoms with Crippen molar-refractivity contribution in [1.29, 1.82) is 5.26 Å². The molecule has 0 bridgehead atoms. The lowest BCUT2D eigenvalue weighted by molar-refractivity contribution is 0.0989. The first-order valence-corrected chi connectivity index (χ1v) is 11.0. The van der Waals surface area contributed by atoms with Gasteiger partial charge >= 0.3 is 0 Å². The van der Waals surface area contributed by atoms with E-state index in [4.69, 9.17) is 5.26 Å². The minimum absolute atomic E-state index is 0. The molecule has 0 spiro atoms. The standard InChI is InChI=1S/C27H26N4O2.ClH/c1-19(32)23-7-3-21(4-8-23)17-31(26-11-12-26)18-22-13-24(16-29-15-22)27(33)30(2)25-9-5-20(14-28)6-10-25;/h3-10,13,15-16,26H,11-12,17-18H2,1-2H3;1H. The molecular formula is C27H27ClN4O2. The molecule has 1 saturated carbocycles. The van der Waals surface area contributed by atoms with Crippen LogP contribution in [0.3, 0.4) is 0 Å². The van der Waals surface area contributed by atoms with Gasteiger partial charge in [0, 0.05) is 49.8 Å². The zero-order valence-corrected chi connectivity index (χ0v) is 20.1. The van der Waals surface area contributed by atoms with Gasteiger partial charge in [-0.25, -0.2) is 0 Å². The molecule has 1 aliphatic carbocycles. The minimum atomic E-state index is -0.146. The topological polar surface area (TPSA) is 77.3 Å². The van der Waals surface area contributed by atoms with E-state index in [0.717, 1.165) is 28.9 Å². The number of amides is 1. The summed E-state index contributed by atoms with van der Waals surface area (Å²) in [5.41, 5.74) is 4.67. The number of benzene rings is 2. The van der Waals surface area contributed by atoms with Crippen LogP contribution in [0.1, 0.15) is 57.2 Å². The fraction of sp³-hybridized carbons (Fsp3) is 0.259. The van der Waals surface area contributed by atoms with Crippen LogP contribution in [-0.2, 0) is 13.1 Å². The molecule has 1 aliphatic rings. The molecule has 2 aromatic carbocycles. The molecule has 0 aliphatic heterocycles. The van der Waals surface area contributed by atoms with E-state index in [9.17, 15) is 9.59 Å². The molecule has 1 heterocycles. The van der Waals surface area contributed by atoms with Crippen LogP contribution in [0.15, 0.2) is 67.0 Å². The summed E-state index contributed by atoms with van der Waals surface area (Å²) in [5.74, 6) is -0.0778. The number of anilines is 1. The van der Waals surface area contributed by atoms with Gasteiger partial charge in [-0.2, -0.15) is 5.26 Å². The van der Waals surface area contributed by atoms with Crippen LogP contribution in [0.25, 0.3) is 0 Å². The number of carbonyl (C=O) groups is 2. The summed E-state index contributed by atoms with van der Waals surface area (Å²) in [6.45, 7) is 3.06. The predicted octanol–water partition coefficient (Wildman–Crippen LogP) is 5.02. The molecule has 34 heavy (non-hydrogen) atoms. The largest absolute Gasteiger partial charge is 0.311 e. The summed E-state index contributed by atoms with van der Waals surface area (Å²) in [5, 5.41) is 8.97. The van der Waals surface area contributed by atoms with Gasteiger partial charge in [0.2, 0.25) is 0 Å². The Morgan fingerprint density at radius 2 is 1.62 bits per heavy atom. The van der Waals surface area contributed by atoms with Gasteiger partial charge in [-0.05, 0) is 61.2 Å². The predicted molar refractivity (Wildman–Crippen MR) is 134 cm³/mol. The number of ketones is 1. The second-order valence-electron chi connectivity index (χ2n) is 8.49. The Bertz CT molecular complexity index is 1200. The summed E-state index contributed by atoms with van der Waals surface area (Å²) in [6, 6.07) is 19.2. The number of hydrogen-bond donors (Lipinski definition) is 0. The zero-order chi connectivity index (χ0) is 23.4. The van der Waals surface area contributed by atoms with E-state index >= 15 is 0 Å². The molecule has 0 N–H and O–H groups in total. The molecule has 0 saturated heterocycles. The third-order valence-electron chi connectivity index (χ3n) is 5.93. The van der Waals surface area contributed by atoms with Crippen molar-refractivity contribution in [3.05, 3.63) is 94.8 Å². The number of carbonyl (C=O) groups excluding carboxylic acids is 2. The highest BCUT2D eigenvalue weighted by Gasteiger charge is 2.29. The van der Waals surface area contributed by atoms with Crippen molar-refractivity contribution >= 4 is 29.8 Å². The molecule has 1 amide bonds. The molecule has 4 rings (SSSR count). The molecule has 0 atom stereocenters. The van der Waals surface area contributed by atoms with Crippen LogP contribution in [0.2, 0.25) is 0 Å². The monoisotopic (exact) mass is 474 g/mol. The molecule has 174 valence electrons. The van der Waals surface area contributed by atoms with Crippen molar-refractivity contribution in [2.75, 3.05) is 11.9 Å². The maximum atomic E-state index is 13.0. The number of rotatable bonds is 8. The average Bonchev–Trinajstić information content (AvgIpc) is 3.69. The van der Waals surface area contributed by atoms with E-state index < -0.39 is 0 Å². The van der Waals surface area contributed by atoms with E-state index in [1.54, 1.807) is 49.3 Å². The molecule has 0 unspecified atom stereocenters. The van der Waals surface area contributed by atoms with E-state index in [1.165, 1.54) is 12.8 Å². The fourth-order valence-corrected chi connectivity index (χ4v) is 3.83. The summed E-state index contributed by atoms with van der Waals surface area (Å²) >= 11 is 0. The number of aromatic nitrogens is 1. The summed E-state index contributed by atoms with van der Waals surface area (Å²) in [4.78, 5) is 32.9. The normalized spacial score (nSPS) is 12.5. The maximum Gasteiger partial charge on any atom is 0.259 e. The van der Waals surface area contributed by atoms with Gasteiger partial charge in [0.1, 0.15) is 0 Å². The number of nitriles is 1. The highest BCUT2D eigenvalue weighted by Crippen LogP contribution is 2.30. The number of nitrogens with zero attached hydrogens (tertiary/aromatic N) is 4. The lowest BCUT2D eigenvalue weighted by atomic mass is 10.1. The molecule has 1 fully saturated rings. The van der Waals surface area contributed by atoms with Crippen molar-refractivity contribution < 1.29 is 9.59 Å². The van der Waals surface area contributed by atoms with E-state index in [0.29, 0.717) is 23.7 Å². The van der Waals surface area contributed by atoms with Gasteiger partial charge in [-0.15, -0.1) is 12.4 Å². The zero-order valence-electron chi connectivity index (χ0n) is 19.3. The van der Waals surface area contributed by atoms with Gasteiger partial charge in [-0.3, -0.25) is 19.5 Å².